The normalized spacial score (nSPS) is 31.1. The Kier molecular flexibility index (Phi) is 3.48. The van der Waals surface area contributed by atoms with Crippen LogP contribution in [0, 0.1) is 0 Å². The average molecular weight is 207 g/mol. The van der Waals surface area contributed by atoms with Gasteiger partial charge in [0, 0.05) is 26.1 Å². The summed E-state index contributed by atoms with van der Waals surface area (Å²) in [6, 6.07) is 0.297. The molecule has 1 rings (SSSR count). The van der Waals surface area contributed by atoms with Crippen molar-refractivity contribution in [2.75, 3.05) is 13.1 Å². The minimum atomic E-state index is -2.75. The van der Waals surface area contributed by atoms with Crippen LogP contribution in [0.2, 0.25) is 0 Å². The van der Waals surface area contributed by atoms with Crippen molar-refractivity contribution in [2.45, 2.75) is 51.9 Å². The molecular weight excluding hydrogens is 188 g/mol. The van der Waals surface area contributed by atoms with Crippen LogP contribution in [0.3, 0.4) is 0 Å². The Morgan fingerprint density at radius 2 is 1.93 bits per heavy atom. The number of halogens is 2. The monoisotopic (exact) mass is 207 g/mol. The molecule has 1 saturated heterocycles. The molecule has 14 heavy (non-hydrogen) atoms. The van der Waals surface area contributed by atoms with E-state index in [-0.39, 0.29) is 6.10 Å². The molecule has 0 unspecified atom stereocenters. The quantitative estimate of drug-likeness (QED) is 0.688. The molecule has 0 aliphatic carbocycles. The molecule has 1 aliphatic heterocycles. The summed E-state index contributed by atoms with van der Waals surface area (Å²) in [5.41, 5.74) is 0. The van der Waals surface area contributed by atoms with Crippen LogP contribution in [-0.4, -0.2) is 42.2 Å². The van der Waals surface area contributed by atoms with Gasteiger partial charge >= 0.3 is 0 Å². The molecule has 2 atom stereocenters. The summed E-state index contributed by atoms with van der Waals surface area (Å²) in [6.45, 7) is 7.86. The van der Waals surface area contributed by atoms with E-state index >= 15 is 0 Å². The van der Waals surface area contributed by atoms with E-state index in [1.54, 1.807) is 0 Å². The maximum atomic E-state index is 13.1. The highest BCUT2D eigenvalue weighted by Gasteiger charge is 2.40. The van der Waals surface area contributed by atoms with Gasteiger partial charge in [0.1, 0.15) is 6.10 Å². The predicted octanol–water partition coefficient (Wildman–Crippen LogP) is 2.14. The Morgan fingerprint density at radius 1 is 1.36 bits per heavy atom. The number of hydrogen-bond donors (Lipinski definition) is 0. The van der Waals surface area contributed by atoms with Gasteiger partial charge < -0.3 is 4.74 Å². The molecule has 1 fully saturated rings. The summed E-state index contributed by atoms with van der Waals surface area (Å²) in [5.74, 6) is -2.75. The summed E-state index contributed by atoms with van der Waals surface area (Å²) >= 11 is 0. The third-order valence-corrected chi connectivity index (χ3v) is 2.58. The first-order chi connectivity index (χ1) is 6.30. The number of alkyl halides is 2. The standard InChI is InChI=1S/C10H19F2NO/c1-7(2)13-5-8(3)14-9(6-13)10(4,11)12/h7-9H,5-6H2,1-4H3/t8-,9+/m0/s1. The third-order valence-electron chi connectivity index (χ3n) is 2.58. The molecule has 4 heteroatoms. The molecule has 0 amide bonds. The highest BCUT2D eigenvalue weighted by Crippen LogP contribution is 2.26. The van der Waals surface area contributed by atoms with Gasteiger partial charge in [-0.05, 0) is 20.8 Å². The highest BCUT2D eigenvalue weighted by atomic mass is 19.3. The molecule has 0 aromatic heterocycles. The molecule has 84 valence electrons. The molecule has 0 aromatic rings. The van der Waals surface area contributed by atoms with Gasteiger partial charge in [-0.25, -0.2) is 8.78 Å². The van der Waals surface area contributed by atoms with Crippen LogP contribution < -0.4 is 0 Å². The molecule has 0 aromatic carbocycles. The summed E-state index contributed by atoms with van der Waals surface area (Å²) in [7, 11) is 0. The van der Waals surface area contributed by atoms with Gasteiger partial charge in [0.25, 0.3) is 5.92 Å². The lowest BCUT2D eigenvalue weighted by Crippen LogP contribution is -2.54. The molecule has 2 nitrogen and oxygen atoms in total. The maximum absolute atomic E-state index is 13.1. The minimum absolute atomic E-state index is 0.109. The smallest absolute Gasteiger partial charge is 0.272 e. The first-order valence-corrected chi connectivity index (χ1v) is 5.08. The Morgan fingerprint density at radius 3 is 2.36 bits per heavy atom. The van der Waals surface area contributed by atoms with E-state index in [1.807, 2.05) is 25.7 Å². The van der Waals surface area contributed by atoms with Gasteiger partial charge in [-0.3, -0.25) is 4.90 Å². The van der Waals surface area contributed by atoms with Gasteiger partial charge in [0.05, 0.1) is 6.10 Å². The number of ether oxygens (including phenoxy) is 1. The van der Waals surface area contributed by atoms with E-state index in [0.717, 1.165) is 13.5 Å². The van der Waals surface area contributed by atoms with Crippen molar-refractivity contribution in [3.8, 4) is 0 Å². The van der Waals surface area contributed by atoms with Gasteiger partial charge in [-0.15, -0.1) is 0 Å². The molecule has 1 aliphatic rings. The Hall–Kier alpha value is -0.220. The van der Waals surface area contributed by atoms with Crippen molar-refractivity contribution in [1.82, 2.24) is 4.90 Å². The maximum Gasteiger partial charge on any atom is 0.272 e. The SMILES string of the molecule is CC(C)N1C[C@H](C)O[C@@H](C(C)(F)F)C1. The summed E-state index contributed by atoms with van der Waals surface area (Å²) in [4.78, 5) is 2.04. The number of hydrogen-bond acceptors (Lipinski definition) is 2. The van der Waals surface area contributed by atoms with Crippen molar-refractivity contribution in [3.05, 3.63) is 0 Å². The first-order valence-electron chi connectivity index (χ1n) is 5.08. The number of nitrogens with zero attached hydrogens (tertiary/aromatic N) is 1. The van der Waals surface area contributed by atoms with Crippen LogP contribution in [0.15, 0.2) is 0 Å². The predicted molar refractivity (Wildman–Crippen MR) is 51.7 cm³/mol. The Bertz CT molecular complexity index is 191. The largest absolute Gasteiger partial charge is 0.366 e. The van der Waals surface area contributed by atoms with E-state index < -0.39 is 12.0 Å². The van der Waals surface area contributed by atoms with Crippen LogP contribution in [0.5, 0.6) is 0 Å². The fraction of sp³-hybridized carbons (Fsp3) is 1.00. The van der Waals surface area contributed by atoms with E-state index in [9.17, 15) is 8.78 Å². The first kappa shape index (κ1) is 11.9. The second-order valence-corrected chi connectivity index (χ2v) is 4.44. The average Bonchev–Trinajstić information content (AvgIpc) is 2.01. The molecule has 0 bridgehead atoms. The van der Waals surface area contributed by atoms with Crippen molar-refractivity contribution in [2.24, 2.45) is 0 Å². The zero-order chi connectivity index (χ0) is 10.9. The number of morpholine rings is 1. The highest BCUT2D eigenvalue weighted by molar-refractivity contribution is 4.84. The van der Waals surface area contributed by atoms with Gasteiger partial charge in [-0.2, -0.15) is 0 Å². The van der Waals surface area contributed by atoms with E-state index in [2.05, 4.69) is 0 Å². The fourth-order valence-electron chi connectivity index (χ4n) is 1.69. The summed E-state index contributed by atoms with van der Waals surface area (Å²) in [5, 5.41) is 0. The van der Waals surface area contributed by atoms with E-state index in [0.29, 0.717) is 12.6 Å². The molecule has 0 radical (unpaired) electrons. The minimum Gasteiger partial charge on any atom is -0.366 e. The second-order valence-electron chi connectivity index (χ2n) is 4.44. The van der Waals surface area contributed by atoms with Crippen LogP contribution in [0.25, 0.3) is 0 Å². The van der Waals surface area contributed by atoms with E-state index in [1.165, 1.54) is 0 Å². The van der Waals surface area contributed by atoms with Crippen LogP contribution in [0.1, 0.15) is 27.7 Å². The van der Waals surface area contributed by atoms with Gasteiger partial charge in [-0.1, -0.05) is 0 Å². The second kappa shape index (κ2) is 4.11. The lowest BCUT2D eigenvalue weighted by molar-refractivity contribution is -0.184. The molecule has 0 saturated carbocycles. The number of rotatable bonds is 2. The third kappa shape index (κ3) is 2.89. The molecule has 0 spiro atoms. The summed E-state index contributed by atoms with van der Waals surface area (Å²) < 4.78 is 31.4. The lowest BCUT2D eigenvalue weighted by Gasteiger charge is -2.40. The van der Waals surface area contributed by atoms with Crippen LogP contribution in [-0.2, 0) is 4.74 Å². The van der Waals surface area contributed by atoms with Crippen molar-refractivity contribution >= 4 is 0 Å². The summed E-state index contributed by atoms with van der Waals surface area (Å²) in [6.07, 6.45) is -1.07. The molecule has 1 heterocycles. The Balaban J connectivity index is 2.63. The lowest BCUT2D eigenvalue weighted by atomic mass is 10.1. The van der Waals surface area contributed by atoms with Crippen molar-refractivity contribution < 1.29 is 13.5 Å². The zero-order valence-electron chi connectivity index (χ0n) is 9.26. The van der Waals surface area contributed by atoms with Crippen LogP contribution in [0.4, 0.5) is 8.78 Å². The Labute approximate surface area is 84.2 Å². The fourth-order valence-corrected chi connectivity index (χ4v) is 1.69. The molecule has 0 N–H and O–H groups in total. The molecular formula is C10H19F2NO. The van der Waals surface area contributed by atoms with Gasteiger partial charge in [0.2, 0.25) is 0 Å². The van der Waals surface area contributed by atoms with Crippen molar-refractivity contribution in [1.29, 1.82) is 0 Å². The topological polar surface area (TPSA) is 12.5 Å². The zero-order valence-corrected chi connectivity index (χ0v) is 9.26. The van der Waals surface area contributed by atoms with E-state index in [4.69, 9.17) is 4.74 Å². The van der Waals surface area contributed by atoms with Crippen LogP contribution >= 0.6 is 0 Å². The van der Waals surface area contributed by atoms with Gasteiger partial charge in [0.15, 0.2) is 0 Å². The van der Waals surface area contributed by atoms with Crippen molar-refractivity contribution in [3.63, 3.8) is 0 Å².